The molecule has 1 aliphatic carbocycles. The van der Waals surface area contributed by atoms with E-state index in [1.807, 2.05) is 12.2 Å². The molecule has 0 aromatic carbocycles. The summed E-state index contributed by atoms with van der Waals surface area (Å²) in [5.74, 6) is 0.218. The molecule has 0 heterocycles. The zero-order chi connectivity index (χ0) is 8.97. The Morgan fingerprint density at radius 1 is 1.42 bits per heavy atom. The lowest BCUT2D eigenvalue weighted by atomic mass is 10.0. The van der Waals surface area contributed by atoms with Crippen LogP contribution in [-0.2, 0) is 9.59 Å². The number of carbonyl (C=O) groups excluding carboxylic acids is 2. The smallest absolute Gasteiger partial charge is 0.144 e. The molecule has 2 nitrogen and oxygen atoms in total. The Labute approximate surface area is 72.7 Å². The standard InChI is InChI=1S/C10H14O2/c1-2-3-4-5-8-6-9(11)7-10(8)12/h3-4,8H,2,5-7H2,1H3/b4-3+. The predicted octanol–water partition coefficient (Wildman–Crippen LogP) is 1.89. The Hall–Kier alpha value is -0.920. The summed E-state index contributed by atoms with van der Waals surface area (Å²) in [5.41, 5.74) is 0. The molecule has 1 saturated carbocycles. The second kappa shape index (κ2) is 4.19. The molecule has 12 heavy (non-hydrogen) atoms. The van der Waals surface area contributed by atoms with Gasteiger partial charge >= 0.3 is 0 Å². The fraction of sp³-hybridized carbons (Fsp3) is 0.600. The molecule has 0 aromatic heterocycles. The summed E-state index contributed by atoms with van der Waals surface area (Å²) in [7, 11) is 0. The van der Waals surface area contributed by atoms with E-state index < -0.39 is 0 Å². The highest BCUT2D eigenvalue weighted by molar-refractivity contribution is 6.07. The first-order valence-corrected chi connectivity index (χ1v) is 4.43. The first-order valence-electron chi connectivity index (χ1n) is 4.43. The van der Waals surface area contributed by atoms with Crippen molar-refractivity contribution >= 4 is 11.6 Å². The zero-order valence-electron chi connectivity index (χ0n) is 7.38. The zero-order valence-corrected chi connectivity index (χ0v) is 7.38. The first-order chi connectivity index (χ1) is 5.74. The van der Waals surface area contributed by atoms with Crippen molar-refractivity contribution < 1.29 is 9.59 Å². The molecule has 2 heteroatoms. The van der Waals surface area contributed by atoms with Crippen LogP contribution in [0.15, 0.2) is 12.2 Å². The lowest BCUT2D eigenvalue weighted by Gasteiger charge is -2.00. The predicted molar refractivity (Wildman–Crippen MR) is 46.8 cm³/mol. The fourth-order valence-corrected chi connectivity index (χ4v) is 1.44. The van der Waals surface area contributed by atoms with Crippen molar-refractivity contribution in [3.63, 3.8) is 0 Å². The fourth-order valence-electron chi connectivity index (χ4n) is 1.44. The van der Waals surface area contributed by atoms with E-state index in [1.165, 1.54) is 0 Å². The van der Waals surface area contributed by atoms with Gasteiger partial charge in [-0.15, -0.1) is 0 Å². The second-order valence-electron chi connectivity index (χ2n) is 3.20. The average Bonchev–Trinajstić information content (AvgIpc) is 2.31. The number of carbonyl (C=O) groups is 2. The van der Waals surface area contributed by atoms with Gasteiger partial charge in [-0.3, -0.25) is 9.59 Å². The molecule has 0 aromatic rings. The van der Waals surface area contributed by atoms with Gasteiger partial charge in [0.2, 0.25) is 0 Å². The maximum absolute atomic E-state index is 11.1. The van der Waals surface area contributed by atoms with Crippen LogP contribution in [0, 0.1) is 5.92 Å². The summed E-state index contributed by atoms with van der Waals surface area (Å²) in [4.78, 5) is 22.0. The Morgan fingerprint density at radius 2 is 2.17 bits per heavy atom. The summed E-state index contributed by atoms with van der Waals surface area (Å²) >= 11 is 0. The minimum absolute atomic E-state index is 0.0136. The van der Waals surface area contributed by atoms with Crippen molar-refractivity contribution in [3.05, 3.63) is 12.2 Å². The van der Waals surface area contributed by atoms with Gasteiger partial charge in [0.1, 0.15) is 11.6 Å². The largest absolute Gasteiger partial charge is 0.299 e. The van der Waals surface area contributed by atoms with Gasteiger partial charge in [-0.25, -0.2) is 0 Å². The van der Waals surface area contributed by atoms with E-state index in [0.717, 1.165) is 12.8 Å². The van der Waals surface area contributed by atoms with Crippen LogP contribution in [0.2, 0.25) is 0 Å². The maximum atomic E-state index is 11.1. The quantitative estimate of drug-likeness (QED) is 0.474. The van der Waals surface area contributed by atoms with E-state index in [4.69, 9.17) is 0 Å². The van der Waals surface area contributed by atoms with Gasteiger partial charge in [0.05, 0.1) is 6.42 Å². The van der Waals surface area contributed by atoms with E-state index in [0.29, 0.717) is 6.42 Å². The third-order valence-electron chi connectivity index (χ3n) is 2.12. The highest BCUT2D eigenvalue weighted by atomic mass is 16.2. The van der Waals surface area contributed by atoms with Gasteiger partial charge in [-0.05, 0) is 12.8 Å². The van der Waals surface area contributed by atoms with E-state index >= 15 is 0 Å². The molecule has 0 bridgehead atoms. The van der Waals surface area contributed by atoms with Crippen molar-refractivity contribution in [2.45, 2.75) is 32.6 Å². The average molecular weight is 166 g/mol. The highest BCUT2D eigenvalue weighted by Gasteiger charge is 2.29. The van der Waals surface area contributed by atoms with E-state index in [2.05, 4.69) is 6.92 Å². The molecule has 66 valence electrons. The second-order valence-corrected chi connectivity index (χ2v) is 3.20. The molecular formula is C10H14O2. The summed E-state index contributed by atoms with van der Waals surface area (Å²) in [6.45, 7) is 2.05. The molecule has 1 aliphatic rings. The molecule has 1 unspecified atom stereocenters. The molecular weight excluding hydrogens is 152 g/mol. The molecule has 0 N–H and O–H groups in total. The summed E-state index contributed by atoms with van der Waals surface area (Å²) in [6.07, 6.45) is 6.42. The molecule has 1 fully saturated rings. The first kappa shape index (κ1) is 9.17. The van der Waals surface area contributed by atoms with Crippen molar-refractivity contribution in [1.29, 1.82) is 0 Å². The Morgan fingerprint density at radius 3 is 2.67 bits per heavy atom. The lowest BCUT2D eigenvalue weighted by Crippen LogP contribution is -2.03. The molecule has 0 amide bonds. The van der Waals surface area contributed by atoms with E-state index in [-0.39, 0.29) is 23.9 Å². The van der Waals surface area contributed by atoms with Crippen LogP contribution in [0.25, 0.3) is 0 Å². The number of rotatable bonds is 3. The number of allylic oxidation sites excluding steroid dienone is 2. The van der Waals surface area contributed by atoms with Crippen LogP contribution >= 0.6 is 0 Å². The van der Waals surface area contributed by atoms with Crippen molar-refractivity contribution in [1.82, 2.24) is 0 Å². The van der Waals surface area contributed by atoms with Crippen LogP contribution in [-0.4, -0.2) is 11.6 Å². The van der Waals surface area contributed by atoms with E-state index in [9.17, 15) is 9.59 Å². The monoisotopic (exact) mass is 166 g/mol. The highest BCUT2D eigenvalue weighted by Crippen LogP contribution is 2.21. The number of hydrogen-bond donors (Lipinski definition) is 0. The maximum Gasteiger partial charge on any atom is 0.144 e. The number of hydrogen-bond acceptors (Lipinski definition) is 2. The van der Waals surface area contributed by atoms with Crippen LogP contribution < -0.4 is 0 Å². The third kappa shape index (κ3) is 2.29. The summed E-state index contributed by atoms with van der Waals surface area (Å²) in [5, 5.41) is 0. The minimum Gasteiger partial charge on any atom is -0.299 e. The van der Waals surface area contributed by atoms with Crippen molar-refractivity contribution in [3.8, 4) is 0 Å². The van der Waals surface area contributed by atoms with Crippen LogP contribution in [0.4, 0.5) is 0 Å². The molecule has 0 radical (unpaired) electrons. The van der Waals surface area contributed by atoms with Gasteiger partial charge in [0.15, 0.2) is 0 Å². The topological polar surface area (TPSA) is 34.1 Å². The van der Waals surface area contributed by atoms with Crippen LogP contribution in [0.1, 0.15) is 32.6 Å². The molecule has 0 spiro atoms. The summed E-state index contributed by atoms with van der Waals surface area (Å²) < 4.78 is 0. The molecule has 0 aliphatic heterocycles. The molecule has 0 saturated heterocycles. The SMILES string of the molecule is CC/C=C/CC1CC(=O)CC1=O. The van der Waals surface area contributed by atoms with Gasteiger partial charge in [0.25, 0.3) is 0 Å². The number of Topliss-reactive ketones (excluding diaryl/α,β-unsaturated/α-hetero) is 2. The van der Waals surface area contributed by atoms with Gasteiger partial charge in [0, 0.05) is 12.3 Å². The Balaban J connectivity index is 2.38. The molecule has 1 rings (SSSR count). The van der Waals surface area contributed by atoms with Gasteiger partial charge < -0.3 is 0 Å². The minimum atomic E-state index is -0.0136. The number of ketones is 2. The normalized spacial score (nSPS) is 24.2. The third-order valence-corrected chi connectivity index (χ3v) is 2.12. The van der Waals surface area contributed by atoms with Crippen LogP contribution in [0.3, 0.4) is 0 Å². The van der Waals surface area contributed by atoms with Crippen LogP contribution in [0.5, 0.6) is 0 Å². The molecule has 1 atom stereocenters. The lowest BCUT2D eigenvalue weighted by molar-refractivity contribution is -0.122. The summed E-state index contributed by atoms with van der Waals surface area (Å²) in [6, 6.07) is 0. The van der Waals surface area contributed by atoms with Crippen molar-refractivity contribution in [2.75, 3.05) is 0 Å². The Bertz CT molecular complexity index is 216. The van der Waals surface area contributed by atoms with Gasteiger partial charge in [-0.1, -0.05) is 19.1 Å². The van der Waals surface area contributed by atoms with Gasteiger partial charge in [-0.2, -0.15) is 0 Å². The Kier molecular flexibility index (Phi) is 3.20. The van der Waals surface area contributed by atoms with E-state index in [1.54, 1.807) is 0 Å². The van der Waals surface area contributed by atoms with Crippen molar-refractivity contribution in [2.24, 2.45) is 5.92 Å².